The van der Waals surface area contributed by atoms with Gasteiger partial charge in [0, 0.05) is 31.6 Å². The number of hydrogen-bond donors (Lipinski definition) is 4. The molecule has 4 N–H and O–H groups in total. The molecule has 2 aromatic rings. The Balaban J connectivity index is 1.34. The van der Waals surface area contributed by atoms with Crippen LogP contribution in [0.2, 0.25) is 0 Å². The zero-order valence-electron chi connectivity index (χ0n) is 48.3. The first-order valence-electron chi connectivity index (χ1n) is 28.2. The van der Waals surface area contributed by atoms with E-state index in [4.69, 9.17) is 28.4 Å². The normalized spacial score (nSPS) is 28.0. The third-order valence-corrected chi connectivity index (χ3v) is 15.9. The molecule has 0 radical (unpaired) electrons. The highest BCUT2D eigenvalue weighted by molar-refractivity contribution is 5.96. The van der Waals surface area contributed by atoms with Gasteiger partial charge in [-0.3, -0.25) is 14.4 Å². The predicted molar refractivity (Wildman–Crippen MR) is 305 cm³/mol. The third-order valence-electron chi connectivity index (χ3n) is 15.9. The van der Waals surface area contributed by atoms with E-state index in [2.05, 4.69) is 60.8 Å². The van der Waals surface area contributed by atoms with Crippen LogP contribution in [0.5, 0.6) is 0 Å². The fourth-order valence-corrected chi connectivity index (χ4v) is 11.7. The molecule has 1 amide bonds. The molecule has 1 aliphatic heterocycles. The van der Waals surface area contributed by atoms with Crippen LogP contribution >= 0.6 is 0 Å². The molecular weight excluding hydrogens is 1030 g/mol. The Morgan fingerprint density at radius 3 is 1.85 bits per heavy atom. The van der Waals surface area contributed by atoms with E-state index in [0.717, 1.165) is 39.0 Å². The Morgan fingerprint density at radius 1 is 0.790 bits per heavy atom. The monoisotopic (exact) mass is 1120 g/mol. The van der Waals surface area contributed by atoms with Crippen LogP contribution in [-0.4, -0.2) is 111 Å². The summed E-state index contributed by atoms with van der Waals surface area (Å²) in [6.45, 7) is 14.0. The van der Waals surface area contributed by atoms with Crippen LogP contribution in [0, 0.1) is 16.7 Å². The molecular formula is C65H83NO15. The minimum absolute atomic E-state index is 0.0107. The second kappa shape index (κ2) is 27.8. The SMILES string of the molecule is CC/C=C\C/C=C\C/C=C\C/C=C\C/C=C\C/C=C\CCC(=O)OC1C(=O)C2(C)C(O)CC3OCC3(OC(C)=O)C2C(OC(=O)c2ccccc2)C2(O)CC(OC(=O)C(O)C(NC(=O)OC(C)(C)C)c3ccccc3)C(C)=C1C2(C)C. The number of hydrogen-bond acceptors (Lipinski definition) is 15. The minimum atomic E-state index is -2.44. The summed E-state index contributed by atoms with van der Waals surface area (Å²) in [6, 6.07) is 14.6. The number of allylic oxidation sites excluding steroid dienone is 12. The highest BCUT2D eigenvalue weighted by Gasteiger charge is 2.78. The van der Waals surface area contributed by atoms with Crippen LogP contribution in [0.15, 0.2) is 145 Å². The molecule has 11 unspecified atom stereocenters. The molecule has 2 aromatic carbocycles. The van der Waals surface area contributed by atoms with E-state index in [1.165, 1.54) is 19.1 Å². The van der Waals surface area contributed by atoms with Gasteiger partial charge in [0.25, 0.3) is 0 Å². The number of esters is 4. The van der Waals surface area contributed by atoms with E-state index in [9.17, 15) is 39.3 Å². The smallest absolute Gasteiger partial charge is 0.408 e. The number of carbonyl (C=O) groups excluding carboxylic acids is 6. The number of aliphatic hydroxyl groups excluding tert-OH is 2. The first-order chi connectivity index (χ1) is 38.4. The van der Waals surface area contributed by atoms with E-state index in [1.54, 1.807) is 90.1 Å². The maximum absolute atomic E-state index is 16.1. The summed E-state index contributed by atoms with van der Waals surface area (Å²) in [6.07, 6.45) is 18.3. The van der Waals surface area contributed by atoms with Gasteiger partial charge in [0.15, 0.2) is 23.6 Å². The van der Waals surface area contributed by atoms with Gasteiger partial charge in [0.05, 0.1) is 35.6 Å². The summed E-state index contributed by atoms with van der Waals surface area (Å²) in [4.78, 5) is 85.9. The van der Waals surface area contributed by atoms with Crippen molar-refractivity contribution in [3.05, 3.63) is 156 Å². The lowest BCUT2D eigenvalue weighted by Gasteiger charge is -2.67. The second-order valence-electron chi connectivity index (χ2n) is 23.0. The van der Waals surface area contributed by atoms with Crippen molar-refractivity contribution < 1.29 is 72.5 Å². The van der Waals surface area contributed by atoms with Crippen molar-refractivity contribution >= 4 is 35.8 Å². The largest absolute Gasteiger partial charge is 0.456 e. The average Bonchev–Trinajstić information content (AvgIpc) is 3.20. The summed E-state index contributed by atoms with van der Waals surface area (Å²) < 4.78 is 36.6. The standard InChI is InChI=1S/C65H83NO15/c1-10-11-12-13-14-15-16-17-18-19-20-21-22-23-24-25-26-27-34-39-50(69)78-54-51-43(2)47(77-59(73)53(70)52(45-35-30-28-31-36-45)66-60(74)81-61(4,5)6)41-65(75,62(51,7)8)57(79-58(72)46-37-32-29-33-38-46)55-63(9,56(54)71)48(68)40-49-64(55,42-76-49)80-44(3)67/h11-12,14-15,17-18,20-21,23-24,26-33,35-38,47-49,52-55,57,68,70,75H,10,13,16,19,22,25,34,39-42H2,1-9H3,(H,66,74)/b12-11-,15-14-,18-17-,21-20-,24-23-,27-26-. The number of nitrogens with one attached hydrogen (secondary N) is 1. The number of alkyl carbamates (subject to hydrolysis) is 1. The number of carbonyl (C=O) groups is 6. The van der Waals surface area contributed by atoms with Crippen LogP contribution in [-0.2, 0) is 47.6 Å². The molecule has 3 aliphatic carbocycles. The van der Waals surface area contributed by atoms with E-state index in [-0.39, 0.29) is 42.6 Å². The van der Waals surface area contributed by atoms with Crippen LogP contribution in [0.4, 0.5) is 4.79 Å². The topological polar surface area (TPSA) is 231 Å². The van der Waals surface area contributed by atoms with Gasteiger partial charge in [-0.1, -0.05) is 142 Å². The van der Waals surface area contributed by atoms with Crippen molar-refractivity contribution in [2.45, 2.75) is 186 Å². The van der Waals surface area contributed by atoms with Crippen molar-refractivity contribution in [1.29, 1.82) is 0 Å². The van der Waals surface area contributed by atoms with Gasteiger partial charge in [-0.2, -0.15) is 0 Å². The number of ketones is 1. The summed E-state index contributed by atoms with van der Waals surface area (Å²) in [7, 11) is 0. The Bertz CT molecular complexity index is 2750. The van der Waals surface area contributed by atoms with Gasteiger partial charge in [0.1, 0.15) is 29.5 Å². The molecule has 3 fully saturated rings. The molecule has 438 valence electrons. The molecule has 11 atom stereocenters. The molecule has 2 saturated carbocycles. The predicted octanol–water partition coefficient (Wildman–Crippen LogP) is 10.3. The van der Waals surface area contributed by atoms with E-state index in [1.807, 2.05) is 24.3 Å². The van der Waals surface area contributed by atoms with Crippen molar-refractivity contribution in [3.8, 4) is 0 Å². The van der Waals surface area contributed by atoms with Crippen LogP contribution in [0.25, 0.3) is 0 Å². The lowest BCUT2D eigenvalue weighted by Crippen LogP contribution is -2.82. The lowest BCUT2D eigenvalue weighted by atomic mass is 9.44. The summed E-state index contributed by atoms with van der Waals surface area (Å²) >= 11 is 0. The van der Waals surface area contributed by atoms with Crippen LogP contribution in [0.1, 0.15) is 148 Å². The van der Waals surface area contributed by atoms with Gasteiger partial charge >= 0.3 is 30.0 Å². The Labute approximate surface area is 477 Å². The van der Waals surface area contributed by atoms with Gasteiger partial charge < -0.3 is 49.1 Å². The van der Waals surface area contributed by atoms with Gasteiger partial charge in [-0.15, -0.1) is 0 Å². The Kier molecular flexibility index (Phi) is 21.8. The Hall–Kier alpha value is -6.72. The summed E-state index contributed by atoms with van der Waals surface area (Å²) in [5.41, 5.74) is -8.50. The minimum Gasteiger partial charge on any atom is -0.456 e. The first kappa shape index (κ1) is 63.5. The highest BCUT2D eigenvalue weighted by atomic mass is 16.6. The van der Waals surface area contributed by atoms with E-state index < -0.39 is 118 Å². The molecule has 4 aliphatic rings. The van der Waals surface area contributed by atoms with Crippen molar-refractivity contribution in [3.63, 3.8) is 0 Å². The lowest BCUT2D eigenvalue weighted by molar-refractivity contribution is -0.346. The number of amides is 1. The zero-order valence-corrected chi connectivity index (χ0v) is 48.3. The molecule has 1 saturated heterocycles. The third kappa shape index (κ3) is 14.9. The quantitative estimate of drug-likeness (QED) is 0.0461. The zero-order chi connectivity index (χ0) is 59.2. The number of benzene rings is 2. The molecule has 16 nitrogen and oxygen atoms in total. The van der Waals surface area contributed by atoms with Gasteiger partial charge in [-0.05, 0) is 108 Å². The number of fused-ring (bicyclic) bond motifs is 5. The maximum Gasteiger partial charge on any atom is 0.408 e. The summed E-state index contributed by atoms with van der Waals surface area (Å²) in [5, 5.41) is 40.9. The van der Waals surface area contributed by atoms with Gasteiger partial charge in [-0.25, -0.2) is 14.4 Å². The molecule has 1 heterocycles. The number of ether oxygens (including phenoxy) is 6. The number of rotatable bonds is 23. The van der Waals surface area contributed by atoms with Gasteiger partial charge in [0.2, 0.25) is 0 Å². The first-order valence-corrected chi connectivity index (χ1v) is 28.2. The van der Waals surface area contributed by atoms with Crippen LogP contribution < -0.4 is 5.32 Å². The molecule has 0 spiro atoms. The fourth-order valence-electron chi connectivity index (χ4n) is 11.7. The molecule has 81 heavy (non-hydrogen) atoms. The maximum atomic E-state index is 16.1. The molecule has 2 bridgehead atoms. The average molecular weight is 1120 g/mol. The highest BCUT2D eigenvalue weighted by Crippen LogP contribution is 2.64. The number of Topliss-reactive ketones (excluding diaryl/α,β-unsaturated/α-hetero) is 1. The number of aliphatic hydroxyl groups is 3. The van der Waals surface area contributed by atoms with Crippen molar-refractivity contribution in [2.24, 2.45) is 16.7 Å². The van der Waals surface area contributed by atoms with E-state index >= 15 is 4.79 Å². The van der Waals surface area contributed by atoms with Crippen LogP contribution in [0.3, 0.4) is 0 Å². The van der Waals surface area contributed by atoms with E-state index in [0.29, 0.717) is 12.0 Å². The fraction of sp³-hybridized carbons (Fsp3) is 0.508. The van der Waals surface area contributed by atoms with Crippen molar-refractivity contribution in [1.82, 2.24) is 5.32 Å². The molecule has 0 aromatic heterocycles. The Morgan fingerprint density at radius 2 is 1.33 bits per heavy atom. The second-order valence-corrected chi connectivity index (χ2v) is 23.0. The molecule has 6 rings (SSSR count). The molecule has 16 heteroatoms. The van der Waals surface area contributed by atoms with Crippen molar-refractivity contribution in [2.75, 3.05) is 6.61 Å². The summed E-state index contributed by atoms with van der Waals surface area (Å²) in [5.74, 6) is -6.26.